The minimum absolute atomic E-state index is 0.0643. The van der Waals surface area contributed by atoms with Crippen molar-refractivity contribution in [3.05, 3.63) is 34.2 Å². The van der Waals surface area contributed by atoms with E-state index in [4.69, 9.17) is 5.73 Å². The van der Waals surface area contributed by atoms with Crippen molar-refractivity contribution in [2.45, 2.75) is 0 Å². The largest absolute Gasteiger partial charge is 0.383 e. The molecule has 0 aliphatic heterocycles. The summed E-state index contributed by atoms with van der Waals surface area (Å²) in [6, 6.07) is 3.61. The van der Waals surface area contributed by atoms with Crippen molar-refractivity contribution in [1.82, 2.24) is 9.78 Å². The van der Waals surface area contributed by atoms with E-state index in [1.165, 1.54) is 22.2 Å². The van der Waals surface area contributed by atoms with E-state index >= 15 is 0 Å². The monoisotopic (exact) mass is 207 g/mol. The van der Waals surface area contributed by atoms with Crippen LogP contribution in [0, 0.1) is 0 Å². The fraction of sp³-hybridized carbons (Fsp3) is 0.111. The van der Waals surface area contributed by atoms with Gasteiger partial charge in [-0.25, -0.2) is 0 Å². The number of ketones is 1. The first-order valence-electron chi connectivity index (χ1n) is 4.06. The van der Waals surface area contributed by atoms with E-state index in [0.717, 1.165) is 0 Å². The number of rotatable bonds is 2. The van der Waals surface area contributed by atoms with Gasteiger partial charge >= 0.3 is 0 Å². The second-order valence-electron chi connectivity index (χ2n) is 2.87. The SMILES string of the molecule is Cn1ncc(C(=O)c2cccs2)c1N. The van der Waals surface area contributed by atoms with Crippen LogP contribution < -0.4 is 5.73 Å². The molecule has 0 unspecified atom stereocenters. The molecule has 2 heterocycles. The summed E-state index contributed by atoms with van der Waals surface area (Å²) in [4.78, 5) is 12.5. The minimum atomic E-state index is -0.0643. The smallest absolute Gasteiger partial charge is 0.208 e. The maximum Gasteiger partial charge on any atom is 0.208 e. The van der Waals surface area contributed by atoms with Crippen LogP contribution in [0.25, 0.3) is 0 Å². The van der Waals surface area contributed by atoms with Gasteiger partial charge < -0.3 is 5.73 Å². The highest BCUT2D eigenvalue weighted by Crippen LogP contribution is 2.18. The third-order valence-electron chi connectivity index (χ3n) is 1.97. The number of aryl methyl sites for hydroxylation is 1. The van der Waals surface area contributed by atoms with E-state index in [1.54, 1.807) is 13.1 Å². The lowest BCUT2D eigenvalue weighted by Gasteiger charge is -1.96. The molecule has 4 nitrogen and oxygen atoms in total. The third-order valence-corrected chi connectivity index (χ3v) is 2.84. The molecule has 2 rings (SSSR count). The van der Waals surface area contributed by atoms with Gasteiger partial charge in [-0.05, 0) is 11.4 Å². The van der Waals surface area contributed by atoms with Crippen LogP contribution in [0.4, 0.5) is 5.82 Å². The number of carbonyl (C=O) groups excluding carboxylic acids is 1. The van der Waals surface area contributed by atoms with Crippen LogP contribution in [0.5, 0.6) is 0 Å². The van der Waals surface area contributed by atoms with Crippen LogP contribution in [0.3, 0.4) is 0 Å². The van der Waals surface area contributed by atoms with Gasteiger partial charge in [-0.3, -0.25) is 9.48 Å². The summed E-state index contributed by atoms with van der Waals surface area (Å²) in [6.07, 6.45) is 1.50. The third kappa shape index (κ3) is 1.31. The first kappa shape index (κ1) is 8.96. The Morgan fingerprint density at radius 1 is 1.64 bits per heavy atom. The lowest BCUT2D eigenvalue weighted by molar-refractivity contribution is 0.104. The van der Waals surface area contributed by atoms with Gasteiger partial charge in [0.2, 0.25) is 5.78 Å². The molecule has 0 atom stereocenters. The zero-order valence-electron chi connectivity index (χ0n) is 7.60. The van der Waals surface area contributed by atoms with Gasteiger partial charge in [0, 0.05) is 7.05 Å². The Bertz CT molecular complexity index is 458. The average Bonchev–Trinajstić information content (AvgIpc) is 2.77. The second kappa shape index (κ2) is 3.26. The van der Waals surface area contributed by atoms with E-state index in [2.05, 4.69) is 5.10 Å². The summed E-state index contributed by atoms with van der Waals surface area (Å²) >= 11 is 1.40. The number of anilines is 1. The lowest BCUT2D eigenvalue weighted by Crippen LogP contribution is -2.04. The molecule has 0 aliphatic rings. The zero-order chi connectivity index (χ0) is 10.1. The molecule has 0 aromatic carbocycles. The van der Waals surface area contributed by atoms with Crippen molar-refractivity contribution in [3.63, 3.8) is 0 Å². The van der Waals surface area contributed by atoms with Crippen molar-refractivity contribution < 1.29 is 4.79 Å². The molecule has 14 heavy (non-hydrogen) atoms. The molecule has 0 bridgehead atoms. The number of nitrogen functional groups attached to an aromatic ring is 1. The lowest BCUT2D eigenvalue weighted by atomic mass is 10.2. The predicted molar refractivity (Wildman–Crippen MR) is 55.4 cm³/mol. The number of hydrogen-bond acceptors (Lipinski definition) is 4. The fourth-order valence-corrected chi connectivity index (χ4v) is 1.84. The fourth-order valence-electron chi connectivity index (χ4n) is 1.16. The van der Waals surface area contributed by atoms with Crippen molar-refractivity contribution >= 4 is 22.9 Å². The highest BCUT2D eigenvalue weighted by molar-refractivity contribution is 7.12. The molecule has 2 N–H and O–H groups in total. The number of carbonyl (C=O) groups is 1. The van der Waals surface area contributed by atoms with E-state index < -0.39 is 0 Å². The Labute approximate surface area is 85.0 Å². The Morgan fingerprint density at radius 3 is 2.93 bits per heavy atom. The predicted octanol–water partition coefficient (Wildman–Crippen LogP) is 1.29. The van der Waals surface area contributed by atoms with Crippen molar-refractivity contribution in [2.75, 3.05) is 5.73 Å². The normalized spacial score (nSPS) is 10.4. The van der Waals surface area contributed by atoms with Gasteiger partial charge in [0.05, 0.1) is 16.6 Å². The molecule has 2 aromatic rings. The van der Waals surface area contributed by atoms with Crippen LogP contribution in [-0.4, -0.2) is 15.6 Å². The number of hydrogen-bond donors (Lipinski definition) is 1. The summed E-state index contributed by atoms with van der Waals surface area (Å²) < 4.78 is 1.49. The van der Waals surface area contributed by atoms with Crippen LogP contribution >= 0.6 is 11.3 Å². The molecule has 72 valence electrons. The minimum Gasteiger partial charge on any atom is -0.383 e. The van der Waals surface area contributed by atoms with Gasteiger partial charge in [-0.1, -0.05) is 6.07 Å². The summed E-state index contributed by atoms with van der Waals surface area (Å²) in [5.74, 6) is 0.342. The number of nitrogens with two attached hydrogens (primary N) is 1. The van der Waals surface area contributed by atoms with E-state index in [0.29, 0.717) is 16.3 Å². The quantitative estimate of drug-likeness (QED) is 0.755. The Balaban J connectivity index is 2.42. The molecule has 0 amide bonds. The van der Waals surface area contributed by atoms with Crippen molar-refractivity contribution in [2.24, 2.45) is 7.05 Å². The molecular formula is C9H9N3OS. The van der Waals surface area contributed by atoms with E-state index in [9.17, 15) is 4.79 Å². The van der Waals surface area contributed by atoms with Crippen LogP contribution in [0.1, 0.15) is 15.2 Å². The Kier molecular flexibility index (Phi) is 2.09. The number of aromatic nitrogens is 2. The maximum atomic E-state index is 11.8. The van der Waals surface area contributed by atoms with Gasteiger partial charge in [0.15, 0.2) is 0 Å². The number of nitrogens with zero attached hydrogens (tertiary/aromatic N) is 2. The maximum absolute atomic E-state index is 11.8. The summed E-state index contributed by atoms with van der Waals surface area (Å²) in [7, 11) is 1.71. The van der Waals surface area contributed by atoms with Crippen LogP contribution in [-0.2, 0) is 7.05 Å². The molecule has 0 radical (unpaired) electrons. The summed E-state index contributed by atoms with van der Waals surface area (Å²) in [5.41, 5.74) is 6.16. The number of thiophene rings is 1. The van der Waals surface area contributed by atoms with E-state index in [1.807, 2.05) is 11.4 Å². The van der Waals surface area contributed by atoms with Crippen molar-refractivity contribution in [3.8, 4) is 0 Å². The molecule has 0 spiro atoms. The van der Waals surface area contributed by atoms with Gasteiger partial charge in [-0.15, -0.1) is 11.3 Å². The first-order chi connectivity index (χ1) is 6.70. The molecule has 0 fully saturated rings. The molecule has 0 aliphatic carbocycles. The van der Waals surface area contributed by atoms with E-state index in [-0.39, 0.29) is 5.78 Å². The Morgan fingerprint density at radius 2 is 2.43 bits per heavy atom. The molecular weight excluding hydrogens is 198 g/mol. The standard InChI is InChI=1S/C9H9N3OS/c1-12-9(10)6(5-11-12)8(13)7-3-2-4-14-7/h2-5H,10H2,1H3. The highest BCUT2D eigenvalue weighted by atomic mass is 32.1. The average molecular weight is 207 g/mol. The Hall–Kier alpha value is -1.62. The highest BCUT2D eigenvalue weighted by Gasteiger charge is 2.15. The van der Waals surface area contributed by atoms with Gasteiger partial charge in [0.1, 0.15) is 5.82 Å². The summed E-state index contributed by atoms with van der Waals surface area (Å²) in [5, 5.41) is 5.78. The van der Waals surface area contributed by atoms with Gasteiger partial charge in [0.25, 0.3) is 0 Å². The van der Waals surface area contributed by atoms with Crippen LogP contribution in [0.15, 0.2) is 23.7 Å². The molecule has 0 saturated carbocycles. The van der Waals surface area contributed by atoms with Crippen LogP contribution in [0.2, 0.25) is 0 Å². The topological polar surface area (TPSA) is 60.9 Å². The summed E-state index contributed by atoms with van der Waals surface area (Å²) in [6.45, 7) is 0. The molecule has 2 aromatic heterocycles. The first-order valence-corrected chi connectivity index (χ1v) is 4.94. The van der Waals surface area contributed by atoms with Gasteiger partial charge in [-0.2, -0.15) is 5.10 Å². The second-order valence-corrected chi connectivity index (χ2v) is 3.82. The van der Waals surface area contributed by atoms with Crippen molar-refractivity contribution in [1.29, 1.82) is 0 Å². The zero-order valence-corrected chi connectivity index (χ0v) is 8.41. The molecule has 0 saturated heterocycles. The molecule has 5 heteroatoms.